The molecule has 0 aromatic heterocycles. The lowest BCUT2D eigenvalue weighted by Gasteiger charge is -2.16. The molecule has 0 saturated carbocycles. The summed E-state index contributed by atoms with van der Waals surface area (Å²) in [6.45, 7) is 0.332. The molecular weight excluding hydrogens is 232 g/mol. The van der Waals surface area contributed by atoms with Gasteiger partial charge < -0.3 is 10.4 Å². The second-order valence-corrected chi connectivity index (χ2v) is 3.50. The third-order valence-electron chi connectivity index (χ3n) is 2.11. The van der Waals surface area contributed by atoms with E-state index in [4.69, 9.17) is 5.11 Å². The van der Waals surface area contributed by atoms with E-state index in [2.05, 4.69) is 0 Å². The minimum Gasteiger partial charge on any atom is -0.478 e. The van der Waals surface area contributed by atoms with Crippen LogP contribution in [-0.2, 0) is 10.7 Å². The van der Waals surface area contributed by atoms with Crippen molar-refractivity contribution in [3.05, 3.63) is 35.4 Å². The van der Waals surface area contributed by atoms with Gasteiger partial charge in [0.1, 0.15) is 0 Å². The zero-order chi connectivity index (χ0) is 13.1. The Morgan fingerprint density at radius 3 is 2.24 bits per heavy atom. The van der Waals surface area contributed by atoms with Crippen molar-refractivity contribution >= 4 is 11.9 Å². The molecule has 0 atom stereocenters. The third-order valence-corrected chi connectivity index (χ3v) is 2.11. The molecule has 0 aliphatic heterocycles. The Hall–Kier alpha value is -1.98. The maximum Gasteiger partial charge on any atom is 0.335 e. The van der Waals surface area contributed by atoms with Crippen molar-refractivity contribution < 1.29 is 23.5 Å². The number of hydrogen-bond donors (Lipinski definition) is 2. The van der Waals surface area contributed by atoms with Crippen LogP contribution in [0.5, 0.6) is 0 Å². The molecule has 0 aliphatic rings. The van der Waals surface area contributed by atoms with Crippen LogP contribution in [0.2, 0.25) is 0 Å². The summed E-state index contributed by atoms with van der Waals surface area (Å²) in [6, 6.07) is 4.26. The van der Waals surface area contributed by atoms with Gasteiger partial charge in [0.25, 0.3) is 5.92 Å². The molecule has 0 saturated heterocycles. The minimum atomic E-state index is -3.22. The summed E-state index contributed by atoms with van der Waals surface area (Å²) in [5, 5.41) is 10.6. The van der Waals surface area contributed by atoms with Crippen LogP contribution in [0.15, 0.2) is 24.3 Å². The van der Waals surface area contributed by atoms with Crippen LogP contribution < -0.4 is 5.32 Å². The Bertz CT molecular complexity index is 429. The molecule has 0 bridgehead atoms. The number of amides is 1. The summed E-state index contributed by atoms with van der Waals surface area (Å²) < 4.78 is 27.0. The fourth-order valence-electron chi connectivity index (χ4n) is 1.19. The number of nitrogens with one attached hydrogen (secondary N) is 1. The molecule has 17 heavy (non-hydrogen) atoms. The number of halogens is 2. The molecular formula is C11H11F2NO3. The van der Waals surface area contributed by atoms with Crippen molar-refractivity contribution in [3.63, 3.8) is 0 Å². The fraction of sp³-hybridized carbons (Fsp3) is 0.273. The van der Waals surface area contributed by atoms with E-state index in [1.807, 2.05) is 5.32 Å². The van der Waals surface area contributed by atoms with E-state index in [0.717, 1.165) is 31.2 Å². The molecule has 4 nitrogen and oxygen atoms in total. The SMILES string of the molecule is CC(=O)NCC(F)(F)c1ccc(C(=O)O)cc1. The summed E-state index contributed by atoms with van der Waals surface area (Å²) >= 11 is 0. The summed E-state index contributed by atoms with van der Waals surface area (Å²) in [5.74, 6) is -4.95. The molecule has 1 aromatic carbocycles. The lowest BCUT2D eigenvalue weighted by atomic mass is 10.1. The maximum absolute atomic E-state index is 13.5. The van der Waals surface area contributed by atoms with Crippen molar-refractivity contribution in [2.24, 2.45) is 0 Å². The Kier molecular flexibility index (Phi) is 3.77. The quantitative estimate of drug-likeness (QED) is 0.844. The van der Waals surface area contributed by atoms with Crippen LogP contribution in [0.4, 0.5) is 8.78 Å². The van der Waals surface area contributed by atoms with Crippen LogP contribution in [0.1, 0.15) is 22.8 Å². The summed E-state index contributed by atoms with van der Waals surface area (Å²) in [4.78, 5) is 21.1. The van der Waals surface area contributed by atoms with E-state index < -0.39 is 24.3 Å². The number of rotatable bonds is 4. The van der Waals surface area contributed by atoms with Gasteiger partial charge in [0.15, 0.2) is 0 Å². The average Bonchev–Trinajstić information content (AvgIpc) is 2.27. The maximum atomic E-state index is 13.5. The van der Waals surface area contributed by atoms with Gasteiger partial charge in [-0.3, -0.25) is 4.79 Å². The number of carbonyl (C=O) groups is 2. The first-order valence-electron chi connectivity index (χ1n) is 4.79. The van der Waals surface area contributed by atoms with Gasteiger partial charge in [-0.2, -0.15) is 8.78 Å². The molecule has 1 aromatic rings. The highest BCUT2D eigenvalue weighted by atomic mass is 19.3. The Balaban J connectivity index is 2.84. The lowest BCUT2D eigenvalue weighted by molar-refractivity contribution is -0.121. The van der Waals surface area contributed by atoms with E-state index in [0.29, 0.717) is 0 Å². The molecule has 0 unspecified atom stereocenters. The fourth-order valence-corrected chi connectivity index (χ4v) is 1.19. The first-order chi connectivity index (χ1) is 7.83. The molecule has 0 heterocycles. The molecule has 2 N–H and O–H groups in total. The van der Waals surface area contributed by atoms with E-state index in [9.17, 15) is 18.4 Å². The molecule has 0 spiro atoms. The van der Waals surface area contributed by atoms with Gasteiger partial charge in [0.05, 0.1) is 12.1 Å². The topological polar surface area (TPSA) is 66.4 Å². The van der Waals surface area contributed by atoms with Crippen molar-refractivity contribution in [3.8, 4) is 0 Å². The highest BCUT2D eigenvalue weighted by Gasteiger charge is 2.31. The van der Waals surface area contributed by atoms with Crippen LogP contribution >= 0.6 is 0 Å². The van der Waals surface area contributed by atoms with Gasteiger partial charge in [0.2, 0.25) is 5.91 Å². The first-order valence-corrected chi connectivity index (χ1v) is 4.79. The molecule has 1 amide bonds. The second kappa shape index (κ2) is 4.90. The Labute approximate surface area is 96.3 Å². The van der Waals surface area contributed by atoms with Gasteiger partial charge in [0, 0.05) is 12.5 Å². The van der Waals surface area contributed by atoms with E-state index in [-0.39, 0.29) is 11.1 Å². The number of carboxylic acids is 1. The van der Waals surface area contributed by atoms with Crippen LogP contribution in [0, 0.1) is 0 Å². The molecule has 1 rings (SSSR count). The van der Waals surface area contributed by atoms with Crippen molar-refractivity contribution in [1.29, 1.82) is 0 Å². The first kappa shape index (κ1) is 13.1. The van der Waals surface area contributed by atoms with Crippen LogP contribution in [0.25, 0.3) is 0 Å². The molecule has 0 fully saturated rings. The molecule has 6 heteroatoms. The van der Waals surface area contributed by atoms with Crippen molar-refractivity contribution in [2.45, 2.75) is 12.8 Å². The van der Waals surface area contributed by atoms with Gasteiger partial charge in [-0.05, 0) is 12.1 Å². The smallest absolute Gasteiger partial charge is 0.335 e. The van der Waals surface area contributed by atoms with Gasteiger partial charge in [-0.25, -0.2) is 4.79 Å². The number of benzene rings is 1. The normalized spacial score (nSPS) is 11.0. The number of carbonyl (C=O) groups excluding carboxylic acids is 1. The van der Waals surface area contributed by atoms with Gasteiger partial charge in [-0.1, -0.05) is 12.1 Å². The minimum absolute atomic E-state index is 0.0657. The summed E-state index contributed by atoms with van der Waals surface area (Å²) in [5.41, 5.74) is -0.402. The highest BCUT2D eigenvalue weighted by Crippen LogP contribution is 2.27. The number of aromatic carboxylic acids is 1. The zero-order valence-corrected chi connectivity index (χ0v) is 9.04. The molecule has 92 valence electrons. The summed E-state index contributed by atoms with van der Waals surface area (Å²) in [7, 11) is 0. The van der Waals surface area contributed by atoms with Gasteiger partial charge in [-0.15, -0.1) is 0 Å². The Morgan fingerprint density at radius 2 is 1.82 bits per heavy atom. The van der Waals surface area contributed by atoms with Crippen molar-refractivity contribution in [2.75, 3.05) is 6.54 Å². The highest BCUT2D eigenvalue weighted by molar-refractivity contribution is 5.87. The van der Waals surface area contributed by atoms with E-state index in [1.54, 1.807) is 0 Å². The van der Waals surface area contributed by atoms with E-state index >= 15 is 0 Å². The lowest BCUT2D eigenvalue weighted by Crippen LogP contribution is -2.33. The van der Waals surface area contributed by atoms with Crippen molar-refractivity contribution in [1.82, 2.24) is 5.32 Å². The number of carboxylic acid groups (broad SMARTS) is 1. The third kappa shape index (κ3) is 3.51. The summed E-state index contributed by atoms with van der Waals surface area (Å²) in [6.07, 6.45) is 0. The second-order valence-electron chi connectivity index (χ2n) is 3.50. The number of alkyl halides is 2. The predicted octanol–water partition coefficient (Wildman–Crippen LogP) is 1.61. The standard InChI is InChI=1S/C11H11F2NO3/c1-7(15)14-6-11(12,13)9-4-2-8(3-5-9)10(16)17/h2-5H,6H2,1H3,(H,14,15)(H,16,17). The number of hydrogen-bond acceptors (Lipinski definition) is 2. The zero-order valence-electron chi connectivity index (χ0n) is 9.04. The molecule has 0 radical (unpaired) electrons. The average molecular weight is 243 g/mol. The predicted molar refractivity (Wildman–Crippen MR) is 56.0 cm³/mol. The van der Waals surface area contributed by atoms with Gasteiger partial charge >= 0.3 is 5.97 Å². The van der Waals surface area contributed by atoms with E-state index in [1.165, 1.54) is 0 Å². The Morgan fingerprint density at radius 1 is 1.29 bits per heavy atom. The monoisotopic (exact) mass is 243 g/mol. The van der Waals surface area contributed by atoms with Crippen LogP contribution in [0.3, 0.4) is 0 Å². The largest absolute Gasteiger partial charge is 0.478 e. The van der Waals surface area contributed by atoms with Crippen LogP contribution in [-0.4, -0.2) is 23.5 Å². The molecule has 0 aliphatic carbocycles.